The van der Waals surface area contributed by atoms with Crippen molar-refractivity contribution in [1.29, 1.82) is 0 Å². The zero-order valence-electron chi connectivity index (χ0n) is 10.6. The summed E-state index contributed by atoms with van der Waals surface area (Å²) in [6, 6.07) is 0. The van der Waals surface area contributed by atoms with E-state index in [9.17, 15) is 19.2 Å². The molecule has 0 heterocycles. The third kappa shape index (κ3) is 14.3. The zero-order chi connectivity index (χ0) is 13.8. The van der Waals surface area contributed by atoms with Crippen molar-refractivity contribution < 1.29 is 28.7 Å². The van der Waals surface area contributed by atoms with Gasteiger partial charge in [-0.05, 0) is 13.3 Å². The number of ketones is 2. The van der Waals surface area contributed by atoms with Gasteiger partial charge in [-0.3, -0.25) is 14.4 Å². The Balaban J connectivity index is 0. The third-order valence-corrected chi connectivity index (χ3v) is 1.35. The molecule has 0 aromatic carbocycles. The fraction of sp³-hybridized carbons (Fsp3) is 0.636. The molecule has 0 saturated heterocycles. The number of carbonyl (C=O) groups is 4. The second kappa shape index (κ2) is 10.8. The Kier molecular flexibility index (Phi) is 11.2. The molecule has 6 heteroatoms. The van der Waals surface area contributed by atoms with Crippen molar-refractivity contribution in [2.75, 3.05) is 13.7 Å². The van der Waals surface area contributed by atoms with E-state index in [0.717, 1.165) is 6.42 Å². The number of hydrogen-bond donors (Lipinski definition) is 0. The summed E-state index contributed by atoms with van der Waals surface area (Å²) in [7, 11) is 1.26. The van der Waals surface area contributed by atoms with Gasteiger partial charge in [0.2, 0.25) is 5.78 Å². The highest BCUT2D eigenvalue weighted by molar-refractivity contribution is 6.32. The number of methoxy groups -OCH3 is 1. The normalized spacial score (nSPS) is 8.47. The van der Waals surface area contributed by atoms with Gasteiger partial charge in [0, 0.05) is 6.92 Å². The summed E-state index contributed by atoms with van der Waals surface area (Å²) in [6.07, 6.45) is 0.634. The van der Waals surface area contributed by atoms with Crippen LogP contribution < -0.4 is 0 Å². The minimum Gasteiger partial charge on any atom is -0.469 e. The molecule has 0 fully saturated rings. The van der Waals surface area contributed by atoms with Crippen LogP contribution in [0.25, 0.3) is 0 Å². The van der Waals surface area contributed by atoms with Gasteiger partial charge in [0.15, 0.2) is 0 Å². The van der Waals surface area contributed by atoms with Crippen LogP contribution in [0, 0.1) is 0 Å². The molecule has 0 spiro atoms. The molecule has 0 N–H and O–H groups in total. The lowest BCUT2D eigenvalue weighted by Gasteiger charge is -1.96. The maximum atomic E-state index is 10.3. The first kappa shape index (κ1) is 17.7. The number of ether oxygens (including phenoxy) is 2. The van der Waals surface area contributed by atoms with Crippen molar-refractivity contribution in [1.82, 2.24) is 0 Å². The Morgan fingerprint density at radius 1 is 1.06 bits per heavy atom. The summed E-state index contributed by atoms with van der Waals surface area (Å²) in [4.78, 5) is 40.8. The van der Waals surface area contributed by atoms with Crippen molar-refractivity contribution in [3.63, 3.8) is 0 Å². The molecule has 98 valence electrons. The smallest absolute Gasteiger partial charge is 0.374 e. The van der Waals surface area contributed by atoms with Crippen molar-refractivity contribution in [3.05, 3.63) is 0 Å². The molecule has 0 aliphatic heterocycles. The topological polar surface area (TPSA) is 86.7 Å². The molecule has 0 amide bonds. The molecule has 0 aliphatic carbocycles. The first-order valence-corrected chi connectivity index (χ1v) is 5.09. The molecular weight excluding hydrogens is 228 g/mol. The van der Waals surface area contributed by atoms with Gasteiger partial charge < -0.3 is 9.47 Å². The molecule has 0 unspecified atom stereocenters. The summed E-state index contributed by atoms with van der Waals surface area (Å²) >= 11 is 0. The number of carbonyl (C=O) groups excluding carboxylic acids is 4. The first-order valence-electron chi connectivity index (χ1n) is 5.09. The van der Waals surface area contributed by atoms with Crippen molar-refractivity contribution >= 4 is 23.5 Å². The SMILES string of the molecule is CCCOC(=O)C(C)=O.COC(=O)CC(C)=O. The lowest BCUT2D eigenvalue weighted by Crippen LogP contribution is -2.13. The molecule has 17 heavy (non-hydrogen) atoms. The molecule has 0 aliphatic rings. The molecular formula is C11H18O6. The predicted molar refractivity (Wildman–Crippen MR) is 59.2 cm³/mol. The lowest BCUT2D eigenvalue weighted by molar-refractivity contribution is -0.152. The van der Waals surface area contributed by atoms with Crippen LogP contribution in [0.4, 0.5) is 0 Å². The number of rotatable bonds is 5. The van der Waals surface area contributed by atoms with Crippen LogP contribution in [0.15, 0.2) is 0 Å². The minimum absolute atomic E-state index is 0.115. The van der Waals surface area contributed by atoms with E-state index in [2.05, 4.69) is 9.47 Å². The van der Waals surface area contributed by atoms with Crippen LogP contribution in [0.3, 0.4) is 0 Å². The molecule has 0 rings (SSSR count). The molecule has 0 saturated carbocycles. The second-order valence-corrected chi connectivity index (χ2v) is 3.15. The Bertz CT molecular complexity index is 282. The molecule has 0 radical (unpaired) electrons. The van der Waals surface area contributed by atoms with Crippen LogP contribution in [-0.2, 0) is 28.7 Å². The van der Waals surface area contributed by atoms with Gasteiger partial charge in [-0.25, -0.2) is 4.79 Å². The molecule has 6 nitrogen and oxygen atoms in total. The molecule has 0 atom stereocenters. The van der Waals surface area contributed by atoms with Gasteiger partial charge in [0.1, 0.15) is 12.2 Å². The van der Waals surface area contributed by atoms with Gasteiger partial charge in [0.25, 0.3) is 0 Å². The van der Waals surface area contributed by atoms with Crippen LogP contribution in [0.5, 0.6) is 0 Å². The highest BCUT2D eigenvalue weighted by Gasteiger charge is 2.06. The molecule has 0 aromatic rings. The Morgan fingerprint density at radius 3 is 1.82 bits per heavy atom. The zero-order valence-corrected chi connectivity index (χ0v) is 10.6. The largest absolute Gasteiger partial charge is 0.469 e. The van der Waals surface area contributed by atoms with Crippen LogP contribution in [-0.4, -0.2) is 37.2 Å². The number of esters is 2. The maximum Gasteiger partial charge on any atom is 0.374 e. The van der Waals surface area contributed by atoms with Crippen molar-refractivity contribution in [3.8, 4) is 0 Å². The van der Waals surface area contributed by atoms with E-state index in [1.165, 1.54) is 21.0 Å². The highest BCUT2D eigenvalue weighted by Crippen LogP contribution is 1.83. The minimum atomic E-state index is -0.739. The van der Waals surface area contributed by atoms with E-state index in [4.69, 9.17) is 0 Å². The quantitative estimate of drug-likeness (QED) is 0.402. The highest BCUT2D eigenvalue weighted by atomic mass is 16.5. The van der Waals surface area contributed by atoms with Crippen molar-refractivity contribution in [2.24, 2.45) is 0 Å². The van der Waals surface area contributed by atoms with Gasteiger partial charge >= 0.3 is 11.9 Å². The fourth-order valence-electron chi connectivity index (χ4n) is 0.572. The van der Waals surface area contributed by atoms with Gasteiger partial charge in [-0.2, -0.15) is 0 Å². The maximum absolute atomic E-state index is 10.3. The number of hydrogen-bond acceptors (Lipinski definition) is 6. The van der Waals surface area contributed by atoms with E-state index >= 15 is 0 Å². The Morgan fingerprint density at radius 2 is 1.59 bits per heavy atom. The van der Waals surface area contributed by atoms with E-state index in [1.807, 2.05) is 6.92 Å². The standard InChI is InChI=1S/C6H10O3.C5H8O3/c1-3-4-9-6(8)5(2)7;1-4(6)3-5(7)8-2/h3-4H2,1-2H3;3H2,1-2H3. The summed E-state index contributed by atoms with van der Waals surface area (Å²) in [5, 5.41) is 0. The van der Waals surface area contributed by atoms with Crippen LogP contribution in [0.2, 0.25) is 0 Å². The average Bonchev–Trinajstić information content (AvgIpc) is 2.25. The Hall–Kier alpha value is -1.72. The second-order valence-electron chi connectivity index (χ2n) is 3.15. The monoisotopic (exact) mass is 246 g/mol. The van der Waals surface area contributed by atoms with E-state index < -0.39 is 17.7 Å². The number of Topliss-reactive ketones (excluding diaryl/α,β-unsaturated/α-hetero) is 2. The average molecular weight is 246 g/mol. The molecule has 0 aromatic heterocycles. The lowest BCUT2D eigenvalue weighted by atomic mass is 10.3. The summed E-state index contributed by atoms with van der Waals surface area (Å²) in [6.45, 7) is 4.74. The van der Waals surface area contributed by atoms with Gasteiger partial charge in [0.05, 0.1) is 13.7 Å². The third-order valence-electron chi connectivity index (χ3n) is 1.35. The molecule has 0 bridgehead atoms. The van der Waals surface area contributed by atoms with Crippen LogP contribution >= 0.6 is 0 Å². The summed E-state index contributed by atoms with van der Waals surface area (Å²) in [5.74, 6) is -1.92. The van der Waals surface area contributed by atoms with Gasteiger partial charge in [-0.15, -0.1) is 0 Å². The van der Waals surface area contributed by atoms with Gasteiger partial charge in [-0.1, -0.05) is 6.92 Å². The van der Waals surface area contributed by atoms with E-state index in [-0.39, 0.29) is 12.2 Å². The fourth-order valence-corrected chi connectivity index (χ4v) is 0.572. The first-order chi connectivity index (χ1) is 7.84. The van der Waals surface area contributed by atoms with E-state index in [1.54, 1.807) is 0 Å². The Labute approximate surface area is 100 Å². The summed E-state index contributed by atoms with van der Waals surface area (Å²) in [5.41, 5.74) is 0. The van der Waals surface area contributed by atoms with Crippen molar-refractivity contribution in [2.45, 2.75) is 33.6 Å². The predicted octanol–water partition coefficient (Wildman–Crippen LogP) is 0.667. The summed E-state index contributed by atoms with van der Waals surface area (Å²) < 4.78 is 8.67. The van der Waals surface area contributed by atoms with Crippen LogP contribution in [0.1, 0.15) is 33.6 Å². The van der Waals surface area contributed by atoms with E-state index in [0.29, 0.717) is 6.61 Å².